The molecule has 0 aliphatic heterocycles. The topological polar surface area (TPSA) is 51.2 Å². The Kier molecular flexibility index (Phi) is 4.99. The van der Waals surface area contributed by atoms with Gasteiger partial charge in [-0.05, 0) is 35.6 Å². The molecule has 0 aliphatic rings. The molecule has 0 bridgehead atoms. The summed E-state index contributed by atoms with van der Waals surface area (Å²) < 4.78 is 5.78. The fourth-order valence-electron chi connectivity index (χ4n) is 2.29. The smallest absolute Gasteiger partial charge is 0.122 e. The lowest BCUT2D eigenvalue weighted by Gasteiger charge is -2.14. The highest BCUT2D eigenvalue weighted by Gasteiger charge is 2.14. The lowest BCUT2D eigenvalue weighted by atomic mass is 9.98. The van der Waals surface area contributed by atoms with Crippen LogP contribution >= 0.6 is 0 Å². The number of hydrogen-bond donors (Lipinski definition) is 2. The zero-order valence-electron chi connectivity index (χ0n) is 12.5. The summed E-state index contributed by atoms with van der Waals surface area (Å²) in [5, 5.41) is 0. The number of rotatable bonds is 6. The molecule has 0 amide bonds. The van der Waals surface area contributed by atoms with Crippen molar-refractivity contribution in [3.05, 3.63) is 59.0 Å². The molecule has 2 rings (SSSR count). The van der Waals surface area contributed by atoms with E-state index in [4.69, 9.17) is 10.3 Å². The van der Waals surface area contributed by atoms with Crippen LogP contribution in [-0.2, 0) is 12.8 Å². The molecule has 0 aliphatic carbocycles. The van der Waals surface area contributed by atoms with Crippen molar-refractivity contribution in [1.82, 2.24) is 5.43 Å². The third kappa shape index (κ3) is 3.50. The first-order chi connectivity index (χ1) is 9.63. The van der Waals surface area contributed by atoms with E-state index < -0.39 is 0 Å². The summed E-state index contributed by atoms with van der Waals surface area (Å²) >= 11 is 0. The van der Waals surface area contributed by atoms with E-state index in [-0.39, 0.29) is 6.04 Å². The molecule has 1 atom stereocenters. The number of aryl methyl sites for hydroxylation is 1. The van der Waals surface area contributed by atoms with Crippen LogP contribution < -0.4 is 11.3 Å². The van der Waals surface area contributed by atoms with E-state index in [1.807, 2.05) is 12.1 Å². The Labute approximate surface area is 121 Å². The van der Waals surface area contributed by atoms with Gasteiger partial charge in [0.1, 0.15) is 11.5 Å². The van der Waals surface area contributed by atoms with Gasteiger partial charge in [-0.15, -0.1) is 0 Å². The SMILES string of the molecule is CCc1ccc(C(Cc2ccc(C(C)C)cc2)NN)o1. The summed E-state index contributed by atoms with van der Waals surface area (Å²) in [6, 6.07) is 12.8. The molecule has 1 aromatic carbocycles. The highest BCUT2D eigenvalue weighted by atomic mass is 16.3. The lowest BCUT2D eigenvalue weighted by Crippen LogP contribution is -2.29. The Hall–Kier alpha value is -1.58. The van der Waals surface area contributed by atoms with Crippen LogP contribution in [0.2, 0.25) is 0 Å². The lowest BCUT2D eigenvalue weighted by molar-refractivity contribution is 0.396. The third-order valence-corrected chi connectivity index (χ3v) is 3.66. The van der Waals surface area contributed by atoms with Gasteiger partial charge in [0, 0.05) is 6.42 Å². The van der Waals surface area contributed by atoms with E-state index in [1.165, 1.54) is 11.1 Å². The number of furan rings is 1. The molecule has 108 valence electrons. The molecule has 3 heteroatoms. The van der Waals surface area contributed by atoms with Crippen LogP contribution in [0.3, 0.4) is 0 Å². The van der Waals surface area contributed by atoms with Gasteiger partial charge in [-0.25, -0.2) is 5.43 Å². The summed E-state index contributed by atoms with van der Waals surface area (Å²) in [4.78, 5) is 0. The van der Waals surface area contributed by atoms with Crippen LogP contribution in [0, 0.1) is 0 Å². The number of hydrazine groups is 1. The molecule has 1 heterocycles. The maximum absolute atomic E-state index is 5.78. The number of nitrogens with one attached hydrogen (secondary N) is 1. The fraction of sp³-hybridized carbons (Fsp3) is 0.412. The monoisotopic (exact) mass is 272 g/mol. The zero-order valence-corrected chi connectivity index (χ0v) is 12.5. The Morgan fingerprint density at radius 1 is 1.10 bits per heavy atom. The van der Waals surface area contributed by atoms with E-state index in [1.54, 1.807) is 0 Å². The predicted octanol–water partition coefficient (Wildman–Crippen LogP) is 3.71. The standard InChI is InChI=1S/C17H24N2O/c1-4-15-9-10-17(20-15)16(19-18)11-13-5-7-14(8-6-13)12(2)3/h5-10,12,16,19H,4,11,18H2,1-3H3. The van der Waals surface area contributed by atoms with Crippen LogP contribution in [0.1, 0.15) is 55.4 Å². The highest BCUT2D eigenvalue weighted by Crippen LogP contribution is 2.22. The first-order valence-electron chi connectivity index (χ1n) is 7.27. The maximum atomic E-state index is 5.78. The fourth-order valence-corrected chi connectivity index (χ4v) is 2.29. The largest absolute Gasteiger partial charge is 0.464 e. The zero-order chi connectivity index (χ0) is 14.5. The molecule has 3 N–H and O–H groups in total. The van der Waals surface area contributed by atoms with Gasteiger partial charge in [-0.3, -0.25) is 5.84 Å². The third-order valence-electron chi connectivity index (χ3n) is 3.66. The first-order valence-corrected chi connectivity index (χ1v) is 7.27. The van der Waals surface area contributed by atoms with Gasteiger partial charge in [-0.1, -0.05) is 45.0 Å². The summed E-state index contributed by atoms with van der Waals surface area (Å²) in [6.07, 6.45) is 1.73. The average molecular weight is 272 g/mol. The molecule has 2 aromatic rings. The van der Waals surface area contributed by atoms with Crippen molar-refractivity contribution in [1.29, 1.82) is 0 Å². The molecule has 0 fully saturated rings. The molecule has 0 saturated heterocycles. The molecule has 0 spiro atoms. The molecule has 1 aromatic heterocycles. The molecular formula is C17H24N2O. The summed E-state index contributed by atoms with van der Waals surface area (Å²) in [7, 11) is 0. The Balaban J connectivity index is 2.09. The minimum atomic E-state index is 0.0141. The van der Waals surface area contributed by atoms with E-state index in [9.17, 15) is 0 Å². The van der Waals surface area contributed by atoms with Gasteiger partial charge < -0.3 is 4.42 Å². The van der Waals surface area contributed by atoms with Crippen molar-refractivity contribution in [2.45, 2.75) is 45.6 Å². The quantitative estimate of drug-likeness (QED) is 0.622. The second kappa shape index (κ2) is 6.73. The van der Waals surface area contributed by atoms with Crippen LogP contribution in [0.5, 0.6) is 0 Å². The normalized spacial score (nSPS) is 12.8. The van der Waals surface area contributed by atoms with Gasteiger partial charge in [0.15, 0.2) is 0 Å². The van der Waals surface area contributed by atoms with Crippen LogP contribution in [0.25, 0.3) is 0 Å². The van der Waals surface area contributed by atoms with E-state index in [0.717, 1.165) is 24.4 Å². The van der Waals surface area contributed by atoms with Crippen molar-refractivity contribution in [3.63, 3.8) is 0 Å². The van der Waals surface area contributed by atoms with Gasteiger partial charge >= 0.3 is 0 Å². The van der Waals surface area contributed by atoms with Crippen LogP contribution in [0.15, 0.2) is 40.8 Å². The Morgan fingerprint density at radius 3 is 2.30 bits per heavy atom. The van der Waals surface area contributed by atoms with Gasteiger partial charge in [0.25, 0.3) is 0 Å². The number of nitrogens with two attached hydrogens (primary N) is 1. The summed E-state index contributed by atoms with van der Waals surface area (Å²) in [6.45, 7) is 6.49. The average Bonchev–Trinajstić information content (AvgIpc) is 2.94. The van der Waals surface area contributed by atoms with E-state index in [0.29, 0.717) is 5.92 Å². The molecular weight excluding hydrogens is 248 g/mol. The predicted molar refractivity (Wildman–Crippen MR) is 82.4 cm³/mol. The molecule has 0 saturated carbocycles. The van der Waals surface area contributed by atoms with Crippen molar-refractivity contribution in [3.8, 4) is 0 Å². The first kappa shape index (κ1) is 14.8. The molecule has 1 unspecified atom stereocenters. The maximum Gasteiger partial charge on any atom is 0.122 e. The van der Waals surface area contributed by atoms with Crippen molar-refractivity contribution < 1.29 is 4.42 Å². The molecule has 0 radical (unpaired) electrons. The van der Waals surface area contributed by atoms with Gasteiger partial charge in [0.05, 0.1) is 6.04 Å². The summed E-state index contributed by atoms with van der Waals surface area (Å²) in [5.41, 5.74) is 5.46. The second-order valence-electron chi connectivity index (χ2n) is 5.48. The van der Waals surface area contributed by atoms with Gasteiger partial charge in [0.2, 0.25) is 0 Å². The summed E-state index contributed by atoms with van der Waals surface area (Å²) in [5.74, 6) is 8.13. The number of benzene rings is 1. The van der Waals surface area contributed by atoms with Crippen molar-refractivity contribution in [2.24, 2.45) is 5.84 Å². The van der Waals surface area contributed by atoms with E-state index in [2.05, 4.69) is 50.5 Å². The van der Waals surface area contributed by atoms with Crippen molar-refractivity contribution >= 4 is 0 Å². The Bertz CT molecular complexity index is 528. The minimum absolute atomic E-state index is 0.0141. The molecule has 3 nitrogen and oxygen atoms in total. The number of hydrogen-bond acceptors (Lipinski definition) is 3. The van der Waals surface area contributed by atoms with Crippen molar-refractivity contribution in [2.75, 3.05) is 0 Å². The Morgan fingerprint density at radius 2 is 1.80 bits per heavy atom. The van der Waals surface area contributed by atoms with Crippen LogP contribution in [-0.4, -0.2) is 0 Å². The molecule has 20 heavy (non-hydrogen) atoms. The highest BCUT2D eigenvalue weighted by molar-refractivity contribution is 5.26. The van der Waals surface area contributed by atoms with Gasteiger partial charge in [-0.2, -0.15) is 0 Å². The minimum Gasteiger partial charge on any atom is -0.464 e. The second-order valence-corrected chi connectivity index (χ2v) is 5.48. The van der Waals surface area contributed by atoms with E-state index >= 15 is 0 Å². The van der Waals surface area contributed by atoms with Crippen LogP contribution in [0.4, 0.5) is 0 Å².